The number of fused-ring (bicyclic) bond motifs is 2. The summed E-state index contributed by atoms with van der Waals surface area (Å²) in [6.07, 6.45) is 2.57. The molecule has 0 aliphatic carbocycles. The third kappa shape index (κ3) is 5.92. The van der Waals surface area contributed by atoms with Gasteiger partial charge in [-0.05, 0) is 36.8 Å². The highest BCUT2D eigenvalue weighted by atomic mass is 35.5. The normalized spacial score (nSPS) is 14.9. The van der Waals surface area contributed by atoms with Crippen LogP contribution in [0.25, 0.3) is 0 Å². The summed E-state index contributed by atoms with van der Waals surface area (Å²) in [5.41, 5.74) is 2.69. The van der Waals surface area contributed by atoms with Crippen LogP contribution >= 0.6 is 24.8 Å². The predicted octanol–water partition coefficient (Wildman–Crippen LogP) is 3.98. The van der Waals surface area contributed by atoms with Crippen molar-refractivity contribution in [2.45, 2.75) is 13.0 Å². The Bertz CT molecular complexity index is 1190. The first-order valence-corrected chi connectivity index (χ1v) is 11.6. The molecule has 5 rings (SSSR count). The van der Waals surface area contributed by atoms with E-state index in [-0.39, 0.29) is 42.0 Å². The first kappa shape index (κ1) is 27.7. The molecular weight excluding hydrogens is 506 g/mol. The Kier molecular flexibility index (Phi) is 9.56. The highest BCUT2D eigenvalue weighted by molar-refractivity contribution is 6.08. The molecule has 0 atom stereocenters. The molecule has 1 saturated heterocycles. The molecular formula is C25H31Cl2FN6O2. The number of hydrogen-bond donors (Lipinski definition) is 2. The number of halogens is 3. The molecule has 0 saturated carbocycles. The summed E-state index contributed by atoms with van der Waals surface area (Å²) >= 11 is 0. The lowest BCUT2D eigenvalue weighted by Gasteiger charge is -2.27. The first-order valence-electron chi connectivity index (χ1n) is 11.6. The molecule has 0 unspecified atom stereocenters. The number of hydrogen-bond acceptors (Lipinski definition) is 6. The number of nitrogens with one attached hydrogen (secondary N) is 2. The van der Waals surface area contributed by atoms with E-state index in [2.05, 4.69) is 20.6 Å². The maximum Gasteiger partial charge on any atom is 0.258 e. The second-order valence-electron chi connectivity index (χ2n) is 8.61. The monoisotopic (exact) mass is 536 g/mol. The molecule has 36 heavy (non-hydrogen) atoms. The molecule has 0 spiro atoms. The Labute approximate surface area is 222 Å². The van der Waals surface area contributed by atoms with Gasteiger partial charge >= 0.3 is 0 Å². The van der Waals surface area contributed by atoms with Crippen molar-refractivity contribution in [3.8, 4) is 5.75 Å². The van der Waals surface area contributed by atoms with E-state index in [9.17, 15) is 9.18 Å². The summed E-state index contributed by atoms with van der Waals surface area (Å²) in [6, 6.07) is 12.0. The van der Waals surface area contributed by atoms with E-state index >= 15 is 0 Å². The van der Waals surface area contributed by atoms with E-state index in [1.807, 2.05) is 31.3 Å². The number of benzene rings is 2. The topological polar surface area (TPSA) is 74.7 Å². The third-order valence-corrected chi connectivity index (χ3v) is 6.30. The molecule has 3 aromatic rings. The van der Waals surface area contributed by atoms with Crippen molar-refractivity contribution in [2.75, 3.05) is 49.5 Å². The molecule has 11 heteroatoms. The van der Waals surface area contributed by atoms with Crippen LogP contribution in [-0.2, 0) is 13.6 Å². The van der Waals surface area contributed by atoms with Crippen molar-refractivity contribution in [1.82, 2.24) is 20.0 Å². The Hall–Kier alpha value is -2.85. The number of para-hydroxylation sites is 2. The summed E-state index contributed by atoms with van der Waals surface area (Å²) in [5, 5.41) is 11.0. The van der Waals surface area contributed by atoms with E-state index in [1.54, 1.807) is 27.9 Å². The highest BCUT2D eigenvalue weighted by Gasteiger charge is 2.27. The fourth-order valence-electron chi connectivity index (χ4n) is 4.45. The standard InChI is InChI=1S/C25H29FN6O2.2ClH/c1-30-24-19(16-28-30)17-32(22-6-3-2-5-21(22)29-24)25(33)18-7-8-23(20(26)15-18)34-14-4-11-31-12-9-27-10-13-31;;/h2-3,5-8,15-16,27,29H,4,9-14,17H2,1H3;2*1H. The number of anilines is 3. The van der Waals surface area contributed by atoms with Gasteiger partial charge in [0, 0.05) is 50.9 Å². The smallest absolute Gasteiger partial charge is 0.258 e. The van der Waals surface area contributed by atoms with Gasteiger partial charge in [-0.25, -0.2) is 4.39 Å². The van der Waals surface area contributed by atoms with Crippen molar-refractivity contribution in [3.63, 3.8) is 0 Å². The predicted molar refractivity (Wildman–Crippen MR) is 144 cm³/mol. The fourth-order valence-corrected chi connectivity index (χ4v) is 4.45. The zero-order chi connectivity index (χ0) is 23.5. The lowest BCUT2D eigenvalue weighted by atomic mass is 10.1. The summed E-state index contributed by atoms with van der Waals surface area (Å²) in [5.74, 6) is 0.189. The highest BCUT2D eigenvalue weighted by Crippen LogP contribution is 2.36. The van der Waals surface area contributed by atoms with E-state index in [0.29, 0.717) is 13.2 Å². The summed E-state index contributed by atoms with van der Waals surface area (Å²) in [7, 11) is 1.85. The second kappa shape index (κ2) is 12.4. The van der Waals surface area contributed by atoms with E-state index < -0.39 is 5.82 Å². The van der Waals surface area contributed by atoms with Gasteiger partial charge in [0.25, 0.3) is 5.91 Å². The van der Waals surface area contributed by atoms with Gasteiger partial charge in [-0.2, -0.15) is 5.10 Å². The average molecular weight is 537 g/mol. The van der Waals surface area contributed by atoms with Crippen molar-refractivity contribution < 1.29 is 13.9 Å². The number of piperazine rings is 1. The molecule has 1 amide bonds. The van der Waals surface area contributed by atoms with Crippen LogP contribution in [0.3, 0.4) is 0 Å². The van der Waals surface area contributed by atoms with Crippen molar-refractivity contribution >= 4 is 47.9 Å². The van der Waals surface area contributed by atoms with Crippen LogP contribution in [0.1, 0.15) is 22.3 Å². The van der Waals surface area contributed by atoms with Crippen LogP contribution in [0, 0.1) is 5.82 Å². The van der Waals surface area contributed by atoms with Crippen LogP contribution in [-0.4, -0.2) is 59.9 Å². The molecule has 2 aromatic carbocycles. The largest absolute Gasteiger partial charge is 0.490 e. The van der Waals surface area contributed by atoms with E-state index in [4.69, 9.17) is 4.74 Å². The number of amides is 1. The van der Waals surface area contributed by atoms with Gasteiger partial charge in [0.05, 0.1) is 30.7 Å². The van der Waals surface area contributed by atoms with Gasteiger partial charge in [-0.3, -0.25) is 9.48 Å². The molecule has 0 radical (unpaired) electrons. The van der Waals surface area contributed by atoms with Gasteiger partial charge in [-0.15, -0.1) is 24.8 Å². The average Bonchev–Trinajstić information content (AvgIpc) is 3.10. The van der Waals surface area contributed by atoms with Crippen molar-refractivity contribution in [1.29, 1.82) is 0 Å². The van der Waals surface area contributed by atoms with Crippen LogP contribution in [0.4, 0.5) is 21.6 Å². The minimum absolute atomic E-state index is 0. The quantitative estimate of drug-likeness (QED) is 0.464. The van der Waals surface area contributed by atoms with Gasteiger partial charge < -0.3 is 25.2 Å². The van der Waals surface area contributed by atoms with Gasteiger partial charge in [0.2, 0.25) is 0 Å². The summed E-state index contributed by atoms with van der Waals surface area (Å²) in [6.45, 7) is 5.76. The minimum Gasteiger partial charge on any atom is -0.490 e. The molecule has 1 aromatic heterocycles. The van der Waals surface area contributed by atoms with Crippen LogP contribution in [0.5, 0.6) is 5.75 Å². The SMILES string of the molecule is Cl.Cl.Cn1ncc2c1Nc1ccccc1N(C(=O)c1ccc(OCCCN3CCNCC3)c(F)c1)C2. The summed E-state index contributed by atoms with van der Waals surface area (Å²) in [4.78, 5) is 17.5. The third-order valence-electron chi connectivity index (χ3n) is 6.30. The van der Waals surface area contributed by atoms with Gasteiger partial charge in [0.15, 0.2) is 11.6 Å². The van der Waals surface area contributed by atoms with Crippen molar-refractivity contribution in [3.05, 3.63) is 65.6 Å². The number of carbonyl (C=O) groups is 1. The Balaban J connectivity index is 0.00000180. The van der Waals surface area contributed by atoms with E-state index in [0.717, 1.165) is 61.9 Å². The molecule has 0 bridgehead atoms. The first-order chi connectivity index (χ1) is 16.6. The fraction of sp³-hybridized carbons (Fsp3) is 0.360. The van der Waals surface area contributed by atoms with Crippen LogP contribution in [0.2, 0.25) is 0 Å². The number of carbonyl (C=O) groups excluding carboxylic acids is 1. The zero-order valence-electron chi connectivity index (χ0n) is 20.1. The summed E-state index contributed by atoms with van der Waals surface area (Å²) < 4.78 is 22.3. The zero-order valence-corrected chi connectivity index (χ0v) is 21.7. The number of aryl methyl sites for hydroxylation is 1. The van der Waals surface area contributed by atoms with Crippen LogP contribution in [0.15, 0.2) is 48.7 Å². The Morgan fingerprint density at radius 1 is 1.14 bits per heavy atom. The molecule has 1 fully saturated rings. The molecule has 3 heterocycles. The minimum atomic E-state index is -0.531. The molecule has 2 aliphatic rings. The number of nitrogens with zero attached hydrogens (tertiary/aromatic N) is 4. The number of ether oxygens (including phenoxy) is 1. The second-order valence-corrected chi connectivity index (χ2v) is 8.61. The van der Waals surface area contributed by atoms with Gasteiger partial charge in [0.1, 0.15) is 5.82 Å². The molecule has 2 aliphatic heterocycles. The number of rotatable bonds is 6. The van der Waals surface area contributed by atoms with Crippen LogP contribution < -0.4 is 20.3 Å². The lowest BCUT2D eigenvalue weighted by Crippen LogP contribution is -2.43. The maximum absolute atomic E-state index is 14.8. The van der Waals surface area contributed by atoms with E-state index in [1.165, 1.54) is 6.07 Å². The van der Waals surface area contributed by atoms with Crippen molar-refractivity contribution in [2.24, 2.45) is 7.05 Å². The Morgan fingerprint density at radius 3 is 2.69 bits per heavy atom. The molecule has 8 nitrogen and oxygen atoms in total. The molecule has 2 N–H and O–H groups in total. The lowest BCUT2D eigenvalue weighted by molar-refractivity contribution is 0.0985. The van der Waals surface area contributed by atoms with Gasteiger partial charge in [-0.1, -0.05) is 12.1 Å². The number of aromatic nitrogens is 2. The Morgan fingerprint density at radius 2 is 1.92 bits per heavy atom. The molecule has 194 valence electrons. The maximum atomic E-state index is 14.8.